The van der Waals surface area contributed by atoms with E-state index in [1.807, 2.05) is 0 Å². The van der Waals surface area contributed by atoms with Gasteiger partial charge in [-0.3, -0.25) is 9.59 Å². The molecule has 1 aliphatic heterocycles. The molecule has 43 heavy (non-hydrogen) atoms. The number of benzene rings is 2. The second kappa shape index (κ2) is 14.4. The number of rotatable bonds is 11. The molecular formula is C31H38F3N3O5S. The molecule has 0 spiro atoms. The van der Waals surface area contributed by atoms with E-state index in [1.54, 1.807) is 30.3 Å². The summed E-state index contributed by atoms with van der Waals surface area (Å²) in [7, 11) is -4.44. The molecule has 2 amide bonds. The maximum Gasteiger partial charge on any atom is 0.416 e. The Bertz CT molecular complexity index is 1380. The number of hydrogen-bond acceptors (Lipinski definition) is 5. The van der Waals surface area contributed by atoms with Crippen LogP contribution in [0.1, 0.15) is 62.5 Å². The van der Waals surface area contributed by atoms with Crippen molar-refractivity contribution in [2.45, 2.75) is 87.0 Å². The van der Waals surface area contributed by atoms with Crippen LogP contribution < -0.4 is 15.4 Å². The second-order valence-corrected chi connectivity index (χ2v) is 12.9. The number of piperidine rings is 1. The third-order valence-electron chi connectivity index (χ3n) is 7.84. The van der Waals surface area contributed by atoms with Crippen molar-refractivity contribution in [3.8, 4) is 5.75 Å². The van der Waals surface area contributed by atoms with Gasteiger partial charge in [-0.05, 0) is 61.6 Å². The largest absolute Gasteiger partial charge is 0.490 e. The molecule has 1 saturated heterocycles. The Morgan fingerprint density at radius 1 is 1.02 bits per heavy atom. The van der Waals surface area contributed by atoms with Gasteiger partial charge < -0.3 is 15.4 Å². The van der Waals surface area contributed by atoms with E-state index in [1.165, 1.54) is 0 Å². The van der Waals surface area contributed by atoms with Crippen molar-refractivity contribution in [3.05, 3.63) is 72.3 Å². The molecule has 8 nitrogen and oxygen atoms in total. The molecule has 4 rings (SSSR count). The molecule has 234 valence electrons. The summed E-state index contributed by atoms with van der Waals surface area (Å²) in [6.07, 6.45) is 3.01. The zero-order valence-electron chi connectivity index (χ0n) is 23.9. The van der Waals surface area contributed by atoms with E-state index >= 15 is 0 Å². The van der Waals surface area contributed by atoms with Crippen molar-refractivity contribution in [1.82, 2.24) is 14.9 Å². The molecule has 1 aliphatic carbocycles. The Hall–Kier alpha value is -3.38. The van der Waals surface area contributed by atoms with Gasteiger partial charge in [0, 0.05) is 19.0 Å². The Morgan fingerprint density at radius 3 is 2.40 bits per heavy atom. The molecule has 0 radical (unpaired) electrons. The quantitative estimate of drug-likeness (QED) is 0.344. The summed E-state index contributed by atoms with van der Waals surface area (Å²) in [5.74, 6) is -0.408. The summed E-state index contributed by atoms with van der Waals surface area (Å²) in [4.78, 5) is 26.6. The van der Waals surface area contributed by atoms with Crippen LogP contribution in [0.5, 0.6) is 5.75 Å². The molecule has 2 atom stereocenters. The maximum atomic E-state index is 13.7. The molecule has 0 bridgehead atoms. The standard InChI is InChI=1S/C31H38F3N3O5S/c1-2-19-42-25-16-14-22(15-17-25)20-27(29(38)35-24-10-4-3-5-11-24)36-30(39)28-13-6-7-18-37(28)43(40,41)26-12-8-9-23(21-26)31(32,33)34/h2,8-9,12,14-17,21,24,27-28H,1,3-7,10-11,13,18-20H2,(H,35,38)(H,36,39)/t27-,28-/m0/s1. The number of sulfonamides is 1. The molecule has 1 heterocycles. The van der Waals surface area contributed by atoms with Crippen LogP contribution in [0.25, 0.3) is 0 Å². The van der Waals surface area contributed by atoms with E-state index in [9.17, 15) is 31.2 Å². The fourth-order valence-electron chi connectivity index (χ4n) is 5.56. The highest BCUT2D eigenvalue weighted by atomic mass is 32.2. The average molecular weight is 622 g/mol. The van der Waals surface area contributed by atoms with Gasteiger partial charge in [-0.15, -0.1) is 0 Å². The lowest BCUT2D eigenvalue weighted by atomic mass is 9.95. The summed E-state index contributed by atoms with van der Waals surface area (Å²) < 4.78 is 73.5. The minimum atomic E-state index is -4.72. The van der Waals surface area contributed by atoms with Crippen LogP contribution in [0.15, 0.2) is 66.1 Å². The van der Waals surface area contributed by atoms with Gasteiger partial charge in [0.15, 0.2) is 0 Å². The van der Waals surface area contributed by atoms with Gasteiger partial charge in [0.25, 0.3) is 0 Å². The smallest absolute Gasteiger partial charge is 0.416 e. The molecule has 2 N–H and O–H groups in total. The zero-order valence-corrected chi connectivity index (χ0v) is 24.8. The summed E-state index contributed by atoms with van der Waals surface area (Å²) in [6.45, 7) is 3.93. The fourth-order valence-corrected chi connectivity index (χ4v) is 7.26. The molecular weight excluding hydrogens is 583 g/mol. The minimum Gasteiger partial charge on any atom is -0.490 e. The number of nitrogens with zero attached hydrogens (tertiary/aromatic N) is 1. The van der Waals surface area contributed by atoms with Crippen LogP contribution in [-0.4, -0.2) is 55.8 Å². The topological polar surface area (TPSA) is 105 Å². The average Bonchev–Trinajstić information content (AvgIpc) is 3.00. The Balaban J connectivity index is 1.55. The Morgan fingerprint density at radius 2 is 1.72 bits per heavy atom. The second-order valence-electron chi connectivity index (χ2n) is 11.0. The summed E-state index contributed by atoms with van der Waals surface area (Å²) >= 11 is 0. The number of carbonyl (C=O) groups excluding carboxylic acids is 2. The van der Waals surface area contributed by atoms with E-state index in [0.717, 1.165) is 60.2 Å². The van der Waals surface area contributed by atoms with Gasteiger partial charge in [-0.2, -0.15) is 17.5 Å². The third kappa shape index (κ3) is 8.60. The predicted octanol–water partition coefficient (Wildman–Crippen LogP) is 4.99. The van der Waals surface area contributed by atoms with Crippen molar-refractivity contribution in [2.75, 3.05) is 13.2 Å². The third-order valence-corrected chi connectivity index (χ3v) is 9.74. The molecule has 12 heteroatoms. The van der Waals surface area contributed by atoms with Crippen LogP contribution in [0.3, 0.4) is 0 Å². The van der Waals surface area contributed by atoms with E-state index in [4.69, 9.17) is 4.74 Å². The molecule has 2 fully saturated rings. The van der Waals surface area contributed by atoms with Gasteiger partial charge in [-0.25, -0.2) is 8.42 Å². The first-order chi connectivity index (χ1) is 20.5. The molecule has 2 aliphatic rings. The van der Waals surface area contributed by atoms with Crippen LogP contribution in [0.2, 0.25) is 0 Å². The molecule has 1 saturated carbocycles. The normalized spacial score (nSPS) is 19.3. The van der Waals surface area contributed by atoms with E-state index in [-0.39, 0.29) is 31.3 Å². The summed E-state index contributed by atoms with van der Waals surface area (Å²) in [5.41, 5.74) is -0.334. The minimum absolute atomic E-state index is 0.0113. The highest BCUT2D eigenvalue weighted by molar-refractivity contribution is 7.89. The maximum absolute atomic E-state index is 13.7. The number of nitrogens with one attached hydrogen (secondary N) is 2. The van der Waals surface area contributed by atoms with Gasteiger partial charge in [0.05, 0.1) is 10.5 Å². The van der Waals surface area contributed by atoms with Crippen molar-refractivity contribution >= 4 is 21.8 Å². The van der Waals surface area contributed by atoms with E-state index in [0.29, 0.717) is 31.3 Å². The number of halogens is 3. The predicted molar refractivity (Wildman–Crippen MR) is 156 cm³/mol. The lowest BCUT2D eigenvalue weighted by Crippen LogP contribution is -2.57. The fraction of sp³-hybridized carbons (Fsp3) is 0.484. The number of alkyl halides is 3. The first-order valence-electron chi connectivity index (χ1n) is 14.6. The monoisotopic (exact) mass is 621 g/mol. The Kier molecular flexibility index (Phi) is 10.9. The highest BCUT2D eigenvalue weighted by Crippen LogP contribution is 2.32. The number of hydrogen-bond donors (Lipinski definition) is 2. The first-order valence-corrected chi connectivity index (χ1v) is 16.1. The highest BCUT2D eigenvalue weighted by Gasteiger charge is 2.40. The van der Waals surface area contributed by atoms with Crippen LogP contribution >= 0.6 is 0 Å². The van der Waals surface area contributed by atoms with Crippen LogP contribution in [-0.2, 0) is 32.2 Å². The number of ether oxygens (including phenoxy) is 1. The first kappa shape index (κ1) is 32.5. The number of carbonyl (C=O) groups is 2. The molecule has 2 aromatic carbocycles. The van der Waals surface area contributed by atoms with Crippen molar-refractivity contribution in [2.24, 2.45) is 0 Å². The zero-order chi connectivity index (χ0) is 31.0. The lowest BCUT2D eigenvalue weighted by Gasteiger charge is -2.35. The molecule has 0 unspecified atom stereocenters. The van der Waals surface area contributed by atoms with Crippen molar-refractivity contribution < 1.29 is 35.9 Å². The van der Waals surface area contributed by atoms with Gasteiger partial charge in [-0.1, -0.05) is 56.5 Å². The molecule has 0 aromatic heterocycles. The molecule has 2 aromatic rings. The van der Waals surface area contributed by atoms with Crippen LogP contribution in [0.4, 0.5) is 13.2 Å². The number of amides is 2. The summed E-state index contributed by atoms with van der Waals surface area (Å²) in [6, 6.07) is 8.42. The lowest BCUT2D eigenvalue weighted by molar-refractivity contribution is -0.137. The SMILES string of the molecule is C=CCOc1ccc(C[C@H](NC(=O)[C@@H]2CCCCN2S(=O)(=O)c2cccc(C(F)(F)F)c2)C(=O)NC2CCCCC2)cc1. The van der Waals surface area contributed by atoms with E-state index < -0.39 is 44.6 Å². The van der Waals surface area contributed by atoms with Gasteiger partial charge in [0.1, 0.15) is 24.4 Å². The van der Waals surface area contributed by atoms with E-state index in [2.05, 4.69) is 17.2 Å². The van der Waals surface area contributed by atoms with Crippen LogP contribution in [0, 0.1) is 0 Å². The van der Waals surface area contributed by atoms with Crippen molar-refractivity contribution in [3.63, 3.8) is 0 Å². The summed E-state index contributed by atoms with van der Waals surface area (Å²) in [5, 5.41) is 5.83. The van der Waals surface area contributed by atoms with Crippen molar-refractivity contribution in [1.29, 1.82) is 0 Å². The Labute approximate surface area is 250 Å². The van der Waals surface area contributed by atoms with Gasteiger partial charge in [0.2, 0.25) is 21.8 Å². The van der Waals surface area contributed by atoms with Gasteiger partial charge >= 0.3 is 6.18 Å².